The molecular formula is C12H19NO2. The van der Waals surface area contributed by atoms with Gasteiger partial charge in [0.05, 0.1) is 5.54 Å². The van der Waals surface area contributed by atoms with E-state index in [9.17, 15) is 4.79 Å². The standard InChI is InChI=1S/C12H19NO2/c1-3-4-7-12-8-5-6-10(12)9(2)15-11(14)13-12/h3-4,9-10H,5-8H2,1-2H3,(H,13,14)/b4-3-/t9-,10-,12-/m1/s1. The lowest BCUT2D eigenvalue weighted by molar-refractivity contribution is 0.00348. The lowest BCUT2D eigenvalue weighted by atomic mass is 9.80. The van der Waals surface area contributed by atoms with Crippen LogP contribution in [0.1, 0.15) is 39.5 Å². The molecule has 0 aromatic carbocycles. The molecule has 0 unspecified atom stereocenters. The molecule has 1 saturated heterocycles. The zero-order chi connectivity index (χ0) is 10.9. The van der Waals surface area contributed by atoms with Crippen LogP contribution in [-0.2, 0) is 4.74 Å². The SMILES string of the molecule is C/C=C\C[C@@]12CCC[C@@H]1[C@@H](C)OC(=O)N2. The second-order valence-electron chi connectivity index (χ2n) is 4.66. The molecule has 2 aliphatic rings. The number of carbonyl (C=O) groups is 1. The molecule has 1 heterocycles. The molecule has 0 aromatic rings. The Morgan fingerprint density at radius 2 is 2.47 bits per heavy atom. The number of ether oxygens (including phenoxy) is 1. The van der Waals surface area contributed by atoms with E-state index in [1.165, 1.54) is 12.8 Å². The summed E-state index contributed by atoms with van der Waals surface area (Å²) in [5, 5.41) is 3.04. The van der Waals surface area contributed by atoms with Gasteiger partial charge in [0, 0.05) is 5.92 Å². The number of fused-ring (bicyclic) bond motifs is 1. The second-order valence-corrected chi connectivity index (χ2v) is 4.66. The Hall–Kier alpha value is -0.990. The number of cyclic esters (lactones) is 1. The summed E-state index contributed by atoms with van der Waals surface area (Å²) in [6.07, 6.45) is 8.40. The molecule has 1 aliphatic carbocycles. The summed E-state index contributed by atoms with van der Waals surface area (Å²) in [7, 11) is 0. The first-order valence-electron chi connectivity index (χ1n) is 5.78. The van der Waals surface area contributed by atoms with Gasteiger partial charge in [-0.1, -0.05) is 18.6 Å². The van der Waals surface area contributed by atoms with Gasteiger partial charge in [0.25, 0.3) is 0 Å². The molecule has 3 nitrogen and oxygen atoms in total. The zero-order valence-electron chi connectivity index (χ0n) is 9.45. The van der Waals surface area contributed by atoms with Crippen LogP contribution in [0.3, 0.4) is 0 Å². The highest BCUT2D eigenvalue weighted by Crippen LogP contribution is 2.43. The van der Waals surface area contributed by atoms with Gasteiger partial charge in [-0.3, -0.25) is 0 Å². The number of nitrogens with one attached hydrogen (secondary N) is 1. The summed E-state index contributed by atoms with van der Waals surface area (Å²) in [6, 6.07) is 0. The van der Waals surface area contributed by atoms with E-state index in [-0.39, 0.29) is 17.7 Å². The summed E-state index contributed by atoms with van der Waals surface area (Å²) in [4.78, 5) is 11.4. The van der Waals surface area contributed by atoms with Crippen molar-refractivity contribution in [2.45, 2.75) is 51.2 Å². The maximum atomic E-state index is 11.4. The van der Waals surface area contributed by atoms with Crippen LogP contribution in [0, 0.1) is 5.92 Å². The number of hydrogen-bond donors (Lipinski definition) is 1. The molecule has 1 saturated carbocycles. The number of allylic oxidation sites excluding steroid dienone is 1. The molecule has 84 valence electrons. The number of alkyl carbamates (subject to hydrolysis) is 1. The van der Waals surface area contributed by atoms with E-state index in [4.69, 9.17) is 4.74 Å². The average molecular weight is 209 g/mol. The highest BCUT2D eigenvalue weighted by atomic mass is 16.6. The van der Waals surface area contributed by atoms with Crippen LogP contribution in [-0.4, -0.2) is 17.7 Å². The molecule has 1 amide bonds. The normalized spacial score (nSPS) is 40.0. The van der Waals surface area contributed by atoms with E-state index < -0.39 is 0 Å². The van der Waals surface area contributed by atoms with Gasteiger partial charge in [-0.2, -0.15) is 0 Å². The van der Waals surface area contributed by atoms with Gasteiger partial charge in [-0.15, -0.1) is 0 Å². The van der Waals surface area contributed by atoms with Crippen molar-refractivity contribution in [3.05, 3.63) is 12.2 Å². The summed E-state index contributed by atoms with van der Waals surface area (Å²) in [5.41, 5.74) is -0.0265. The molecule has 0 aromatic heterocycles. The Labute approximate surface area is 90.9 Å². The van der Waals surface area contributed by atoms with Crippen molar-refractivity contribution in [3.63, 3.8) is 0 Å². The van der Waals surface area contributed by atoms with Gasteiger partial charge < -0.3 is 10.1 Å². The third-order valence-electron chi connectivity index (χ3n) is 3.78. The first kappa shape index (κ1) is 10.5. The summed E-state index contributed by atoms with van der Waals surface area (Å²) in [6.45, 7) is 4.03. The van der Waals surface area contributed by atoms with E-state index in [1.807, 2.05) is 13.8 Å². The Kier molecular flexibility index (Phi) is 2.72. The van der Waals surface area contributed by atoms with Crippen molar-refractivity contribution in [3.8, 4) is 0 Å². The van der Waals surface area contributed by atoms with Gasteiger partial charge in [0.15, 0.2) is 0 Å². The van der Waals surface area contributed by atoms with Gasteiger partial charge in [-0.05, 0) is 33.1 Å². The minimum Gasteiger partial charge on any atom is -0.446 e. The molecule has 1 aliphatic heterocycles. The van der Waals surface area contributed by atoms with Crippen LogP contribution < -0.4 is 5.32 Å². The predicted molar refractivity (Wildman–Crippen MR) is 58.6 cm³/mol. The summed E-state index contributed by atoms with van der Waals surface area (Å²) < 4.78 is 5.23. The number of hydrogen-bond acceptors (Lipinski definition) is 2. The molecule has 2 rings (SSSR count). The highest BCUT2D eigenvalue weighted by molar-refractivity contribution is 5.70. The number of amides is 1. The quantitative estimate of drug-likeness (QED) is 0.710. The van der Waals surface area contributed by atoms with Crippen molar-refractivity contribution in [2.24, 2.45) is 5.92 Å². The zero-order valence-corrected chi connectivity index (χ0v) is 9.45. The smallest absolute Gasteiger partial charge is 0.407 e. The van der Waals surface area contributed by atoms with E-state index in [1.54, 1.807) is 0 Å². The minimum atomic E-state index is -0.245. The third kappa shape index (κ3) is 1.75. The molecule has 15 heavy (non-hydrogen) atoms. The molecular weight excluding hydrogens is 190 g/mol. The first-order valence-corrected chi connectivity index (χ1v) is 5.78. The highest BCUT2D eigenvalue weighted by Gasteiger charge is 2.50. The lowest BCUT2D eigenvalue weighted by Crippen LogP contribution is -2.59. The Morgan fingerprint density at radius 3 is 3.20 bits per heavy atom. The van der Waals surface area contributed by atoms with E-state index in [2.05, 4.69) is 17.5 Å². The van der Waals surface area contributed by atoms with Crippen molar-refractivity contribution < 1.29 is 9.53 Å². The Balaban J connectivity index is 2.20. The first-order chi connectivity index (χ1) is 7.18. The molecule has 1 N–H and O–H groups in total. The van der Waals surface area contributed by atoms with Crippen LogP contribution in [0.2, 0.25) is 0 Å². The average Bonchev–Trinajstić information content (AvgIpc) is 2.59. The summed E-state index contributed by atoms with van der Waals surface area (Å²) in [5.74, 6) is 0.478. The van der Waals surface area contributed by atoms with Crippen molar-refractivity contribution in [1.82, 2.24) is 5.32 Å². The van der Waals surface area contributed by atoms with Gasteiger partial charge in [0.2, 0.25) is 0 Å². The van der Waals surface area contributed by atoms with Crippen molar-refractivity contribution in [2.75, 3.05) is 0 Å². The van der Waals surface area contributed by atoms with Gasteiger partial charge in [0.1, 0.15) is 6.10 Å². The van der Waals surface area contributed by atoms with Gasteiger partial charge in [-0.25, -0.2) is 4.79 Å². The predicted octanol–water partition coefficient (Wildman–Crippen LogP) is 2.62. The maximum Gasteiger partial charge on any atom is 0.407 e. The van der Waals surface area contributed by atoms with E-state index in [0.29, 0.717) is 5.92 Å². The number of carbonyl (C=O) groups excluding carboxylic acids is 1. The monoisotopic (exact) mass is 209 g/mol. The Morgan fingerprint density at radius 1 is 1.67 bits per heavy atom. The van der Waals surface area contributed by atoms with Crippen LogP contribution >= 0.6 is 0 Å². The fourth-order valence-corrected chi connectivity index (χ4v) is 3.05. The molecule has 0 radical (unpaired) electrons. The van der Waals surface area contributed by atoms with Crippen LogP contribution in [0.5, 0.6) is 0 Å². The summed E-state index contributed by atoms with van der Waals surface area (Å²) >= 11 is 0. The topological polar surface area (TPSA) is 38.3 Å². The molecule has 3 heteroatoms. The van der Waals surface area contributed by atoms with Crippen LogP contribution in [0.25, 0.3) is 0 Å². The Bertz CT molecular complexity index is 287. The fourth-order valence-electron chi connectivity index (χ4n) is 3.05. The third-order valence-corrected chi connectivity index (χ3v) is 3.78. The van der Waals surface area contributed by atoms with E-state index in [0.717, 1.165) is 12.8 Å². The molecule has 0 spiro atoms. The van der Waals surface area contributed by atoms with Crippen molar-refractivity contribution in [1.29, 1.82) is 0 Å². The molecule has 2 fully saturated rings. The van der Waals surface area contributed by atoms with Crippen LogP contribution in [0.4, 0.5) is 4.79 Å². The largest absolute Gasteiger partial charge is 0.446 e. The fraction of sp³-hybridized carbons (Fsp3) is 0.750. The lowest BCUT2D eigenvalue weighted by Gasteiger charge is -2.42. The maximum absolute atomic E-state index is 11.4. The second kappa shape index (κ2) is 3.87. The minimum absolute atomic E-state index is 0.0265. The number of rotatable bonds is 2. The van der Waals surface area contributed by atoms with Crippen molar-refractivity contribution >= 4 is 6.09 Å². The van der Waals surface area contributed by atoms with E-state index >= 15 is 0 Å². The van der Waals surface area contributed by atoms with Crippen LogP contribution in [0.15, 0.2) is 12.2 Å². The molecule has 0 bridgehead atoms. The van der Waals surface area contributed by atoms with Gasteiger partial charge >= 0.3 is 6.09 Å². The molecule has 3 atom stereocenters.